The summed E-state index contributed by atoms with van der Waals surface area (Å²) in [5, 5.41) is 0.217. The number of hydrogen-bond donors (Lipinski definition) is 1. The van der Waals surface area contributed by atoms with Crippen LogP contribution in [-0.4, -0.2) is 9.46 Å². The Morgan fingerprint density at radius 1 is 1.33 bits per heavy atom. The Morgan fingerprint density at radius 3 is 2.47 bits per heavy atom. The van der Waals surface area contributed by atoms with Crippen LogP contribution in [0.3, 0.4) is 0 Å². The van der Waals surface area contributed by atoms with Crippen molar-refractivity contribution in [2.24, 2.45) is 0 Å². The van der Waals surface area contributed by atoms with Crippen molar-refractivity contribution in [3.05, 3.63) is 23.8 Å². The highest BCUT2D eigenvalue weighted by Gasteiger charge is 2.17. The number of para-hydroxylation sites is 1. The maximum absolute atomic E-state index is 12.2. The van der Waals surface area contributed by atoms with Crippen molar-refractivity contribution in [2.75, 3.05) is 5.73 Å². The van der Waals surface area contributed by atoms with Gasteiger partial charge in [0.2, 0.25) is 0 Å². The van der Waals surface area contributed by atoms with Gasteiger partial charge in [0, 0.05) is 5.25 Å². The lowest BCUT2D eigenvalue weighted by atomic mass is 10.2. The van der Waals surface area contributed by atoms with Gasteiger partial charge >= 0.3 is 0 Å². The van der Waals surface area contributed by atoms with E-state index in [9.17, 15) is 4.21 Å². The van der Waals surface area contributed by atoms with Crippen LogP contribution in [0.15, 0.2) is 23.1 Å². The molecule has 0 fully saturated rings. The smallest absolute Gasteiger partial charge is 0.0622 e. The Morgan fingerprint density at radius 2 is 1.93 bits per heavy atom. The van der Waals surface area contributed by atoms with Crippen molar-refractivity contribution < 1.29 is 4.21 Å². The van der Waals surface area contributed by atoms with Gasteiger partial charge in [-0.05, 0) is 31.4 Å². The molecule has 1 unspecified atom stereocenters. The minimum Gasteiger partial charge on any atom is -0.398 e. The third kappa shape index (κ3) is 2.59. The first-order valence-corrected chi connectivity index (χ1v) is 6.58. The first-order chi connectivity index (χ1) is 7.11. The minimum atomic E-state index is -0.968. The number of hydrogen-bond acceptors (Lipinski definition) is 2. The maximum Gasteiger partial charge on any atom is 0.0622 e. The SMILES string of the molecule is CCC(CC)S(=O)c1cccc(C)c1N. The van der Waals surface area contributed by atoms with Gasteiger partial charge in [0.15, 0.2) is 0 Å². The van der Waals surface area contributed by atoms with Crippen LogP contribution in [0, 0.1) is 6.92 Å². The highest BCUT2D eigenvalue weighted by Crippen LogP contribution is 2.24. The average Bonchev–Trinajstić information content (AvgIpc) is 2.23. The molecule has 0 aliphatic rings. The molecule has 0 bridgehead atoms. The molecule has 0 amide bonds. The molecule has 0 heterocycles. The molecule has 0 saturated carbocycles. The summed E-state index contributed by atoms with van der Waals surface area (Å²) >= 11 is 0. The summed E-state index contributed by atoms with van der Waals surface area (Å²) in [6, 6.07) is 5.74. The molecule has 0 saturated heterocycles. The number of nitrogens with two attached hydrogens (primary N) is 1. The Hall–Kier alpha value is -0.830. The van der Waals surface area contributed by atoms with E-state index >= 15 is 0 Å². The summed E-state index contributed by atoms with van der Waals surface area (Å²) in [6.45, 7) is 6.08. The zero-order valence-corrected chi connectivity index (χ0v) is 10.4. The topological polar surface area (TPSA) is 43.1 Å². The monoisotopic (exact) mass is 225 g/mol. The van der Waals surface area contributed by atoms with Crippen LogP contribution in [0.4, 0.5) is 5.69 Å². The molecular weight excluding hydrogens is 206 g/mol. The Labute approximate surface area is 94.3 Å². The fourth-order valence-corrected chi connectivity index (χ4v) is 3.16. The van der Waals surface area contributed by atoms with Crippen LogP contribution >= 0.6 is 0 Å². The Balaban J connectivity index is 3.05. The molecule has 0 radical (unpaired) electrons. The molecule has 0 aliphatic heterocycles. The van der Waals surface area contributed by atoms with Gasteiger partial charge in [-0.25, -0.2) is 0 Å². The average molecular weight is 225 g/mol. The van der Waals surface area contributed by atoms with Gasteiger partial charge in [-0.3, -0.25) is 4.21 Å². The summed E-state index contributed by atoms with van der Waals surface area (Å²) in [5.74, 6) is 0. The van der Waals surface area contributed by atoms with E-state index in [1.165, 1.54) is 0 Å². The summed E-state index contributed by atoms with van der Waals surface area (Å²) in [6.07, 6.45) is 1.85. The van der Waals surface area contributed by atoms with Crippen molar-refractivity contribution in [3.63, 3.8) is 0 Å². The lowest BCUT2D eigenvalue weighted by Crippen LogP contribution is -2.14. The molecule has 0 aromatic heterocycles. The molecule has 3 heteroatoms. The number of aryl methyl sites for hydroxylation is 1. The van der Waals surface area contributed by atoms with Crippen LogP contribution in [0.2, 0.25) is 0 Å². The molecule has 84 valence electrons. The molecular formula is C12H19NOS. The van der Waals surface area contributed by atoms with E-state index < -0.39 is 10.8 Å². The van der Waals surface area contributed by atoms with Crippen LogP contribution < -0.4 is 5.73 Å². The van der Waals surface area contributed by atoms with Gasteiger partial charge in [0.05, 0.1) is 21.4 Å². The van der Waals surface area contributed by atoms with Crippen LogP contribution in [-0.2, 0) is 10.8 Å². The van der Waals surface area contributed by atoms with Gasteiger partial charge in [0.1, 0.15) is 0 Å². The van der Waals surface area contributed by atoms with Gasteiger partial charge in [-0.2, -0.15) is 0 Å². The van der Waals surface area contributed by atoms with E-state index in [1.807, 2.05) is 25.1 Å². The number of rotatable bonds is 4. The van der Waals surface area contributed by atoms with Gasteiger partial charge in [-0.1, -0.05) is 26.0 Å². The van der Waals surface area contributed by atoms with Crippen molar-refractivity contribution in [1.29, 1.82) is 0 Å². The highest BCUT2D eigenvalue weighted by atomic mass is 32.2. The van der Waals surface area contributed by atoms with Gasteiger partial charge < -0.3 is 5.73 Å². The molecule has 0 aliphatic carbocycles. The number of benzene rings is 1. The minimum absolute atomic E-state index is 0.217. The first-order valence-electron chi connectivity index (χ1n) is 5.37. The molecule has 1 aromatic carbocycles. The lowest BCUT2D eigenvalue weighted by Gasteiger charge is -2.14. The van der Waals surface area contributed by atoms with E-state index in [1.54, 1.807) is 0 Å². The second-order valence-electron chi connectivity index (χ2n) is 3.72. The molecule has 1 atom stereocenters. The molecule has 15 heavy (non-hydrogen) atoms. The maximum atomic E-state index is 12.2. The predicted molar refractivity (Wildman–Crippen MR) is 66.4 cm³/mol. The van der Waals surface area contributed by atoms with Crippen molar-refractivity contribution in [3.8, 4) is 0 Å². The largest absolute Gasteiger partial charge is 0.398 e. The molecule has 1 rings (SSSR count). The van der Waals surface area contributed by atoms with Crippen molar-refractivity contribution in [1.82, 2.24) is 0 Å². The number of nitrogen functional groups attached to an aromatic ring is 1. The molecule has 0 spiro atoms. The van der Waals surface area contributed by atoms with Crippen molar-refractivity contribution >= 4 is 16.5 Å². The van der Waals surface area contributed by atoms with E-state index in [2.05, 4.69) is 13.8 Å². The van der Waals surface area contributed by atoms with Crippen LogP contribution in [0.1, 0.15) is 32.3 Å². The molecule has 1 aromatic rings. The normalized spacial score (nSPS) is 13.1. The van der Waals surface area contributed by atoms with Crippen molar-refractivity contribution in [2.45, 2.75) is 43.8 Å². The fourth-order valence-electron chi connectivity index (χ4n) is 1.60. The van der Waals surface area contributed by atoms with Gasteiger partial charge in [-0.15, -0.1) is 0 Å². The molecule has 2 nitrogen and oxygen atoms in total. The van der Waals surface area contributed by atoms with E-state index in [0.29, 0.717) is 5.69 Å². The highest BCUT2D eigenvalue weighted by molar-refractivity contribution is 7.85. The van der Waals surface area contributed by atoms with E-state index in [4.69, 9.17) is 5.73 Å². The fraction of sp³-hybridized carbons (Fsp3) is 0.500. The number of anilines is 1. The third-order valence-electron chi connectivity index (χ3n) is 2.71. The summed E-state index contributed by atoms with van der Waals surface area (Å²) in [4.78, 5) is 0.795. The Bertz CT molecular complexity index is 359. The standard InChI is InChI=1S/C12H19NOS/c1-4-10(5-2)15(14)11-8-6-7-9(3)12(11)13/h6-8,10H,4-5,13H2,1-3H3. The summed E-state index contributed by atoms with van der Waals surface area (Å²) < 4.78 is 12.2. The summed E-state index contributed by atoms with van der Waals surface area (Å²) in [7, 11) is -0.968. The van der Waals surface area contributed by atoms with Crippen LogP contribution in [0.25, 0.3) is 0 Å². The molecule has 2 N–H and O–H groups in total. The zero-order chi connectivity index (χ0) is 11.4. The first kappa shape index (κ1) is 12.2. The lowest BCUT2D eigenvalue weighted by molar-refractivity contribution is 0.658. The quantitative estimate of drug-likeness (QED) is 0.801. The second-order valence-corrected chi connectivity index (χ2v) is 5.42. The van der Waals surface area contributed by atoms with Gasteiger partial charge in [0.25, 0.3) is 0 Å². The van der Waals surface area contributed by atoms with Crippen LogP contribution in [0.5, 0.6) is 0 Å². The Kier molecular flexibility index (Phi) is 4.33. The summed E-state index contributed by atoms with van der Waals surface area (Å²) in [5.41, 5.74) is 7.63. The van der Waals surface area contributed by atoms with E-state index in [0.717, 1.165) is 23.3 Å². The second kappa shape index (κ2) is 5.31. The predicted octanol–water partition coefficient (Wildman–Crippen LogP) is 2.87. The zero-order valence-electron chi connectivity index (χ0n) is 9.62. The van der Waals surface area contributed by atoms with E-state index in [-0.39, 0.29) is 5.25 Å². The third-order valence-corrected chi connectivity index (χ3v) is 4.78.